The summed E-state index contributed by atoms with van der Waals surface area (Å²) in [5.41, 5.74) is 6.75. The van der Waals surface area contributed by atoms with Crippen molar-refractivity contribution in [2.75, 3.05) is 11.1 Å². The highest BCUT2D eigenvalue weighted by Gasteiger charge is 2.22. The maximum absolute atomic E-state index is 15.4. The molecule has 0 aliphatic rings. The molecule has 0 saturated heterocycles. The number of alkyl halides is 2. The van der Waals surface area contributed by atoms with Crippen molar-refractivity contribution in [3.8, 4) is 28.1 Å². The number of amides is 1. The Balaban J connectivity index is 1.47. The third-order valence-electron chi connectivity index (χ3n) is 5.35. The minimum Gasteiger partial charge on any atom is -0.397 e. The number of anilines is 2. The molecule has 4 heterocycles. The van der Waals surface area contributed by atoms with Gasteiger partial charge < -0.3 is 11.1 Å². The van der Waals surface area contributed by atoms with Gasteiger partial charge in [-0.2, -0.15) is 24.1 Å². The van der Waals surface area contributed by atoms with Crippen molar-refractivity contribution in [2.24, 2.45) is 0 Å². The second kappa shape index (κ2) is 10.1. The summed E-state index contributed by atoms with van der Waals surface area (Å²) in [6, 6.07) is 3.58. The summed E-state index contributed by atoms with van der Waals surface area (Å²) >= 11 is 12.6. The Morgan fingerprint density at radius 1 is 0.974 bits per heavy atom. The second-order valence-corrected chi connectivity index (χ2v) is 8.57. The van der Waals surface area contributed by atoms with Gasteiger partial charge in [-0.1, -0.05) is 23.2 Å². The minimum absolute atomic E-state index is 0.0620. The molecule has 0 atom stereocenters. The molecule has 1 aromatic carbocycles. The number of pyridine rings is 2. The van der Waals surface area contributed by atoms with Gasteiger partial charge in [-0.3, -0.25) is 9.78 Å². The second-order valence-electron chi connectivity index (χ2n) is 7.75. The van der Waals surface area contributed by atoms with Crippen molar-refractivity contribution in [1.82, 2.24) is 34.7 Å². The Labute approximate surface area is 221 Å². The fraction of sp³-hybridized carbons (Fsp3) is 0.0435. The monoisotopic (exact) mass is 559 g/mol. The minimum atomic E-state index is -2.87. The number of carbonyl (C=O) groups is 1. The van der Waals surface area contributed by atoms with Crippen LogP contribution in [0.1, 0.15) is 16.9 Å². The predicted molar refractivity (Wildman–Crippen MR) is 134 cm³/mol. The lowest BCUT2D eigenvalue weighted by atomic mass is 9.95. The van der Waals surface area contributed by atoms with Crippen molar-refractivity contribution >= 4 is 40.5 Å². The summed E-state index contributed by atoms with van der Waals surface area (Å²) in [5, 5.41) is 14.1. The van der Waals surface area contributed by atoms with Gasteiger partial charge in [0.25, 0.3) is 5.91 Å². The van der Waals surface area contributed by atoms with E-state index in [4.69, 9.17) is 28.9 Å². The van der Waals surface area contributed by atoms with Crippen LogP contribution < -0.4 is 11.1 Å². The summed E-state index contributed by atoms with van der Waals surface area (Å²) in [6.45, 7) is -2.87. The van der Waals surface area contributed by atoms with Gasteiger partial charge in [-0.15, -0.1) is 4.80 Å². The lowest BCUT2D eigenvalue weighted by Gasteiger charge is -2.14. The van der Waals surface area contributed by atoms with Crippen LogP contribution in [0, 0.1) is 5.82 Å². The molecule has 4 aromatic heterocycles. The summed E-state index contributed by atoms with van der Waals surface area (Å²) < 4.78 is 41.9. The van der Waals surface area contributed by atoms with Crippen LogP contribution in [0.2, 0.25) is 10.0 Å². The largest absolute Gasteiger partial charge is 0.397 e. The Morgan fingerprint density at radius 2 is 1.74 bits per heavy atom. The normalized spacial score (nSPS) is 11.2. The average Bonchev–Trinajstić information content (AvgIpc) is 3.58. The molecule has 3 N–H and O–H groups in total. The molecule has 0 aliphatic carbocycles. The number of halogens is 5. The number of hydrogen-bond acceptors (Lipinski definition) is 7. The van der Waals surface area contributed by atoms with E-state index in [1.807, 2.05) is 0 Å². The lowest BCUT2D eigenvalue weighted by Crippen LogP contribution is -2.14. The molecule has 0 unspecified atom stereocenters. The zero-order valence-corrected chi connectivity index (χ0v) is 20.4. The quantitative estimate of drug-likeness (QED) is 0.290. The number of nitrogens with one attached hydrogen (secondary N) is 1. The highest BCUT2D eigenvalue weighted by Crippen LogP contribution is 2.39. The Bertz CT molecular complexity index is 1660. The number of nitrogen functional groups attached to an aromatic ring is 1. The first-order chi connectivity index (χ1) is 18.2. The molecule has 0 fully saturated rings. The molecule has 0 spiro atoms. The van der Waals surface area contributed by atoms with E-state index in [-0.39, 0.29) is 55.1 Å². The first-order valence-electron chi connectivity index (χ1n) is 10.6. The molecule has 38 heavy (non-hydrogen) atoms. The van der Waals surface area contributed by atoms with Crippen LogP contribution in [0.5, 0.6) is 0 Å². The van der Waals surface area contributed by atoms with Crippen LogP contribution in [0.15, 0.2) is 61.6 Å². The summed E-state index contributed by atoms with van der Waals surface area (Å²) in [6.07, 6.45) is 9.11. The average molecular weight is 560 g/mol. The van der Waals surface area contributed by atoms with E-state index in [1.54, 1.807) is 0 Å². The summed E-state index contributed by atoms with van der Waals surface area (Å²) in [5.74, 6) is -1.33. The molecule has 0 bridgehead atoms. The molecule has 0 radical (unpaired) electrons. The van der Waals surface area contributed by atoms with E-state index in [1.165, 1.54) is 54.1 Å². The van der Waals surface area contributed by atoms with Crippen molar-refractivity contribution in [3.05, 3.63) is 83.0 Å². The zero-order valence-electron chi connectivity index (χ0n) is 18.9. The van der Waals surface area contributed by atoms with Crippen LogP contribution in [-0.2, 0) is 0 Å². The summed E-state index contributed by atoms with van der Waals surface area (Å²) in [4.78, 5) is 22.2. The highest BCUT2D eigenvalue weighted by molar-refractivity contribution is 6.35. The van der Waals surface area contributed by atoms with Crippen molar-refractivity contribution in [1.29, 1.82) is 0 Å². The number of aromatic nitrogens is 7. The topological polar surface area (TPSA) is 129 Å². The van der Waals surface area contributed by atoms with Gasteiger partial charge in [0.15, 0.2) is 5.82 Å². The number of carbonyl (C=O) groups excluding carboxylic acids is 1. The first kappa shape index (κ1) is 25.2. The Kier molecular flexibility index (Phi) is 6.70. The van der Waals surface area contributed by atoms with Gasteiger partial charge in [0.1, 0.15) is 5.82 Å². The maximum atomic E-state index is 15.4. The predicted octanol–water partition coefficient (Wildman–Crippen LogP) is 5.26. The fourth-order valence-electron chi connectivity index (χ4n) is 3.66. The molecule has 15 heteroatoms. The van der Waals surface area contributed by atoms with Crippen LogP contribution in [0.3, 0.4) is 0 Å². The molecule has 0 aliphatic heterocycles. The Morgan fingerprint density at radius 3 is 2.42 bits per heavy atom. The Hall–Kier alpha value is -4.49. The third-order valence-corrected chi connectivity index (χ3v) is 5.94. The van der Waals surface area contributed by atoms with E-state index < -0.39 is 18.3 Å². The third kappa shape index (κ3) is 4.76. The standard InChI is InChI=1S/C23H14Cl2F3N9O/c24-16-4-14(20-15(8-30-9-19(20)29)11-6-34-36(10-11)23(27)28)18(26)5-13(16)22(38)35-12-3-17(25)21(31-7-12)37-32-1-2-33-37/h1-10,23H,29H2,(H,35,38). The molecule has 1 amide bonds. The number of benzene rings is 1. The van der Waals surface area contributed by atoms with Gasteiger partial charge in [-0.05, 0) is 18.2 Å². The van der Waals surface area contributed by atoms with Crippen LogP contribution in [0.4, 0.5) is 24.5 Å². The van der Waals surface area contributed by atoms with Gasteiger partial charge in [0.2, 0.25) is 0 Å². The van der Waals surface area contributed by atoms with E-state index in [0.717, 1.165) is 12.3 Å². The van der Waals surface area contributed by atoms with E-state index >= 15 is 4.39 Å². The smallest absolute Gasteiger partial charge is 0.333 e. The van der Waals surface area contributed by atoms with Crippen molar-refractivity contribution in [2.45, 2.75) is 6.55 Å². The number of nitrogens with two attached hydrogens (primary N) is 1. The molecule has 5 rings (SSSR count). The van der Waals surface area contributed by atoms with Crippen molar-refractivity contribution < 1.29 is 18.0 Å². The molecule has 5 aromatic rings. The van der Waals surface area contributed by atoms with Crippen LogP contribution >= 0.6 is 23.2 Å². The maximum Gasteiger partial charge on any atom is 0.333 e. The number of nitrogens with zero attached hydrogens (tertiary/aromatic N) is 7. The number of rotatable bonds is 6. The van der Waals surface area contributed by atoms with Gasteiger partial charge in [0.05, 0.1) is 58.0 Å². The molecule has 192 valence electrons. The van der Waals surface area contributed by atoms with E-state index in [2.05, 4.69) is 30.6 Å². The van der Waals surface area contributed by atoms with Crippen LogP contribution in [-0.4, -0.2) is 40.6 Å². The molecule has 0 saturated carbocycles. The SMILES string of the molecule is Nc1cncc(-c2cnn(C(F)F)c2)c1-c1cc(Cl)c(C(=O)Nc2cnc(-n3nccn3)c(Cl)c2)cc1F. The summed E-state index contributed by atoms with van der Waals surface area (Å²) in [7, 11) is 0. The highest BCUT2D eigenvalue weighted by atomic mass is 35.5. The zero-order chi connectivity index (χ0) is 27.0. The van der Waals surface area contributed by atoms with Gasteiger partial charge in [0, 0.05) is 34.6 Å². The first-order valence-corrected chi connectivity index (χ1v) is 11.4. The number of hydrogen-bond donors (Lipinski definition) is 2. The molecular formula is C23H14Cl2F3N9O. The molecular weight excluding hydrogens is 546 g/mol. The lowest BCUT2D eigenvalue weighted by molar-refractivity contribution is 0.0566. The van der Waals surface area contributed by atoms with Crippen LogP contribution in [0.25, 0.3) is 28.1 Å². The van der Waals surface area contributed by atoms with E-state index in [0.29, 0.717) is 4.68 Å². The van der Waals surface area contributed by atoms with Crippen molar-refractivity contribution in [3.63, 3.8) is 0 Å². The van der Waals surface area contributed by atoms with Gasteiger partial charge >= 0.3 is 6.55 Å². The fourth-order valence-corrected chi connectivity index (χ4v) is 4.15. The van der Waals surface area contributed by atoms with Gasteiger partial charge in [-0.25, -0.2) is 14.1 Å². The van der Waals surface area contributed by atoms with E-state index in [9.17, 15) is 13.6 Å². The molecule has 10 nitrogen and oxygen atoms in total.